The number of fused-ring (bicyclic) bond motifs is 1. The third-order valence-corrected chi connectivity index (χ3v) is 2.64. The minimum atomic E-state index is 0.305. The van der Waals surface area contributed by atoms with Gasteiger partial charge in [-0.15, -0.1) is 0 Å². The topological polar surface area (TPSA) is 33.3 Å². The van der Waals surface area contributed by atoms with Gasteiger partial charge in [0, 0.05) is 26.1 Å². The summed E-state index contributed by atoms with van der Waals surface area (Å²) in [6.07, 6.45) is 1.34. The van der Waals surface area contributed by atoms with Crippen molar-refractivity contribution in [1.82, 2.24) is 10.6 Å². The van der Waals surface area contributed by atoms with Gasteiger partial charge in [0.1, 0.15) is 11.9 Å². The molecule has 0 bridgehead atoms. The van der Waals surface area contributed by atoms with Crippen LogP contribution in [0.3, 0.4) is 0 Å². The fourth-order valence-electron chi connectivity index (χ4n) is 1.84. The minimum Gasteiger partial charge on any atom is -0.488 e. The number of benzene rings is 1. The zero-order valence-electron chi connectivity index (χ0n) is 9.12. The average Bonchev–Trinajstić information content (AvgIpc) is 2.67. The van der Waals surface area contributed by atoms with E-state index in [2.05, 4.69) is 22.8 Å². The molecule has 0 aliphatic carbocycles. The van der Waals surface area contributed by atoms with Crippen molar-refractivity contribution in [2.24, 2.45) is 0 Å². The lowest BCUT2D eigenvalue weighted by atomic mass is 10.1. The number of rotatable bonds is 5. The zero-order valence-corrected chi connectivity index (χ0v) is 9.12. The van der Waals surface area contributed by atoms with Crippen molar-refractivity contribution < 1.29 is 4.74 Å². The van der Waals surface area contributed by atoms with Gasteiger partial charge in [0.05, 0.1) is 0 Å². The van der Waals surface area contributed by atoms with Gasteiger partial charge in [-0.3, -0.25) is 0 Å². The normalized spacial score (nSPS) is 18.6. The summed E-state index contributed by atoms with van der Waals surface area (Å²) >= 11 is 0. The van der Waals surface area contributed by atoms with Crippen LogP contribution in [0, 0.1) is 0 Å². The predicted molar refractivity (Wildman–Crippen MR) is 61.4 cm³/mol. The monoisotopic (exact) mass is 206 g/mol. The Morgan fingerprint density at radius 2 is 2.20 bits per heavy atom. The highest BCUT2D eigenvalue weighted by Gasteiger charge is 2.21. The second-order valence-corrected chi connectivity index (χ2v) is 3.86. The standard InChI is InChI=1S/C12H18N2O/c1-13-6-7-14-9-11-8-10-4-2-3-5-12(10)15-11/h2-5,11,13-14H,6-9H2,1H3. The van der Waals surface area contributed by atoms with E-state index < -0.39 is 0 Å². The van der Waals surface area contributed by atoms with Crippen LogP contribution in [0.5, 0.6) is 5.75 Å². The van der Waals surface area contributed by atoms with E-state index in [0.29, 0.717) is 6.10 Å². The number of ether oxygens (including phenoxy) is 1. The van der Waals surface area contributed by atoms with Crippen LogP contribution in [0.4, 0.5) is 0 Å². The maximum atomic E-state index is 5.80. The Labute approximate surface area is 90.8 Å². The van der Waals surface area contributed by atoms with Crippen LogP contribution < -0.4 is 15.4 Å². The second-order valence-electron chi connectivity index (χ2n) is 3.86. The first-order chi connectivity index (χ1) is 7.40. The number of hydrogen-bond acceptors (Lipinski definition) is 3. The first-order valence-corrected chi connectivity index (χ1v) is 5.50. The number of nitrogens with one attached hydrogen (secondary N) is 2. The third kappa shape index (κ3) is 2.70. The second kappa shape index (κ2) is 5.14. The highest BCUT2D eigenvalue weighted by molar-refractivity contribution is 5.37. The zero-order chi connectivity index (χ0) is 10.5. The van der Waals surface area contributed by atoms with Crippen LogP contribution in [-0.2, 0) is 6.42 Å². The molecule has 0 fully saturated rings. The smallest absolute Gasteiger partial charge is 0.123 e. The summed E-state index contributed by atoms with van der Waals surface area (Å²) in [6, 6.07) is 8.28. The van der Waals surface area contributed by atoms with Crippen molar-refractivity contribution in [1.29, 1.82) is 0 Å². The van der Waals surface area contributed by atoms with Crippen LogP contribution in [0.15, 0.2) is 24.3 Å². The van der Waals surface area contributed by atoms with E-state index in [0.717, 1.165) is 31.8 Å². The van der Waals surface area contributed by atoms with Crippen LogP contribution in [0.2, 0.25) is 0 Å². The van der Waals surface area contributed by atoms with E-state index in [1.807, 2.05) is 19.2 Å². The lowest BCUT2D eigenvalue weighted by Gasteiger charge is -2.11. The van der Waals surface area contributed by atoms with Gasteiger partial charge in [-0.05, 0) is 18.7 Å². The molecule has 2 rings (SSSR count). The van der Waals surface area contributed by atoms with Crippen molar-refractivity contribution >= 4 is 0 Å². The highest BCUT2D eigenvalue weighted by Crippen LogP contribution is 2.27. The van der Waals surface area contributed by atoms with E-state index in [1.54, 1.807) is 0 Å². The lowest BCUT2D eigenvalue weighted by Crippen LogP contribution is -2.33. The molecular weight excluding hydrogens is 188 g/mol. The summed E-state index contributed by atoms with van der Waals surface area (Å²) in [6.45, 7) is 2.92. The number of likely N-dealkylation sites (N-methyl/N-ethyl adjacent to an activating group) is 1. The molecule has 1 aromatic carbocycles. The van der Waals surface area contributed by atoms with Gasteiger partial charge >= 0.3 is 0 Å². The summed E-state index contributed by atoms with van der Waals surface area (Å²) < 4.78 is 5.80. The molecule has 0 radical (unpaired) electrons. The number of para-hydroxylation sites is 1. The Balaban J connectivity index is 1.76. The average molecular weight is 206 g/mol. The molecule has 82 valence electrons. The summed E-state index contributed by atoms with van der Waals surface area (Å²) in [7, 11) is 1.96. The molecule has 2 N–H and O–H groups in total. The highest BCUT2D eigenvalue weighted by atomic mass is 16.5. The van der Waals surface area contributed by atoms with Gasteiger partial charge in [-0.25, -0.2) is 0 Å². The molecule has 0 saturated heterocycles. The molecule has 1 unspecified atom stereocenters. The van der Waals surface area contributed by atoms with Crippen LogP contribution in [0.25, 0.3) is 0 Å². The van der Waals surface area contributed by atoms with Gasteiger partial charge in [0.25, 0.3) is 0 Å². The molecule has 1 atom stereocenters. The molecule has 1 heterocycles. The van der Waals surface area contributed by atoms with Crippen molar-refractivity contribution in [2.45, 2.75) is 12.5 Å². The van der Waals surface area contributed by atoms with Crippen molar-refractivity contribution in [2.75, 3.05) is 26.7 Å². The summed E-state index contributed by atoms with van der Waals surface area (Å²) in [4.78, 5) is 0. The first-order valence-electron chi connectivity index (χ1n) is 5.50. The summed E-state index contributed by atoms with van der Waals surface area (Å²) in [5, 5.41) is 6.48. The Hall–Kier alpha value is -1.06. The Kier molecular flexibility index (Phi) is 3.59. The number of hydrogen-bond donors (Lipinski definition) is 2. The lowest BCUT2D eigenvalue weighted by molar-refractivity contribution is 0.228. The van der Waals surface area contributed by atoms with E-state index in [9.17, 15) is 0 Å². The predicted octanol–water partition coefficient (Wildman–Crippen LogP) is 0.799. The van der Waals surface area contributed by atoms with Gasteiger partial charge < -0.3 is 15.4 Å². The van der Waals surface area contributed by atoms with E-state index in [4.69, 9.17) is 4.74 Å². The molecule has 0 spiro atoms. The molecule has 0 aromatic heterocycles. The third-order valence-electron chi connectivity index (χ3n) is 2.64. The summed E-state index contributed by atoms with van der Waals surface area (Å²) in [5.74, 6) is 1.05. The van der Waals surface area contributed by atoms with Crippen LogP contribution in [0.1, 0.15) is 5.56 Å². The first kappa shape index (κ1) is 10.5. The molecule has 0 amide bonds. The van der Waals surface area contributed by atoms with Crippen LogP contribution >= 0.6 is 0 Å². The van der Waals surface area contributed by atoms with Crippen molar-refractivity contribution in [3.63, 3.8) is 0 Å². The van der Waals surface area contributed by atoms with E-state index in [-0.39, 0.29) is 0 Å². The minimum absolute atomic E-state index is 0.305. The molecular formula is C12H18N2O. The maximum absolute atomic E-state index is 5.80. The molecule has 3 nitrogen and oxygen atoms in total. The Morgan fingerprint density at radius 3 is 3.00 bits per heavy atom. The maximum Gasteiger partial charge on any atom is 0.123 e. The largest absolute Gasteiger partial charge is 0.488 e. The van der Waals surface area contributed by atoms with Crippen LogP contribution in [-0.4, -0.2) is 32.8 Å². The molecule has 1 aromatic rings. The quantitative estimate of drug-likeness (QED) is 0.699. The van der Waals surface area contributed by atoms with Crippen molar-refractivity contribution in [3.8, 4) is 5.75 Å². The molecule has 3 heteroatoms. The summed E-state index contributed by atoms with van der Waals surface area (Å²) in [5.41, 5.74) is 1.33. The Bertz CT molecular complexity index is 289. The van der Waals surface area contributed by atoms with Crippen molar-refractivity contribution in [3.05, 3.63) is 29.8 Å². The van der Waals surface area contributed by atoms with E-state index >= 15 is 0 Å². The SMILES string of the molecule is CNCCNCC1Cc2ccccc2O1. The van der Waals surface area contributed by atoms with Gasteiger partial charge in [-0.2, -0.15) is 0 Å². The molecule has 1 aliphatic rings. The molecule has 15 heavy (non-hydrogen) atoms. The molecule has 1 aliphatic heterocycles. The van der Waals surface area contributed by atoms with Gasteiger partial charge in [0.2, 0.25) is 0 Å². The van der Waals surface area contributed by atoms with Gasteiger partial charge in [0.15, 0.2) is 0 Å². The fourth-order valence-corrected chi connectivity index (χ4v) is 1.84. The Morgan fingerprint density at radius 1 is 1.33 bits per heavy atom. The van der Waals surface area contributed by atoms with E-state index in [1.165, 1.54) is 5.56 Å². The van der Waals surface area contributed by atoms with Gasteiger partial charge in [-0.1, -0.05) is 18.2 Å². The molecule has 0 saturated carbocycles. The fraction of sp³-hybridized carbons (Fsp3) is 0.500.